The molecule has 21 heavy (non-hydrogen) atoms. The Morgan fingerprint density at radius 2 is 1.95 bits per heavy atom. The topological polar surface area (TPSA) is 47.0 Å². The van der Waals surface area contributed by atoms with E-state index in [-0.39, 0.29) is 18.1 Å². The van der Waals surface area contributed by atoms with Gasteiger partial charge in [-0.15, -0.1) is 0 Å². The minimum atomic E-state index is -4.38. The molecule has 0 saturated carbocycles. The smallest absolute Gasteiger partial charge is 0.416 e. The van der Waals surface area contributed by atoms with Gasteiger partial charge in [-0.25, -0.2) is 4.98 Å². The first-order valence-corrected chi connectivity index (χ1v) is 6.35. The first-order chi connectivity index (χ1) is 10.0. The summed E-state index contributed by atoms with van der Waals surface area (Å²) in [6, 6.07) is 6.97. The number of nitrogens with zero attached hydrogens (tertiary/aromatic N) is 2. The first kappa shape index (κ1) is 15.1. The second-order valence-electron chi connectivity index (χ2n) is 4.16. The fourth-order valence-electron chi connectivity index (χ4n) is 1.78. The van der Waals surface area contributed by atoms with Gasteiger partial charge >= 0.3 is 6.18 Å². The van der Waals surface area contributed by atoms with Crippen molar-refractivity contribution in [2.75, 3.05) is 11.9 Å². The van der Waals surface area contributed by atoms with Crippen LogP contribution in [0.4, 0.5) is 19.1 Å². The largest absolute Gasteiger partial charge is 0.478 e. The molecule has 2 aromatic rings. The zero-order chi connectivity index (χ0) is 15.3. The van der Waals surface area contributed by atoms with Gasteiger partial charge in [-0.3, -0.25) is 0 Å². The second-order valence-corrected chi connectivity index (χ2v) is 4.16. The summed E-state index contributed by atoms with van der Waals surface area (Å²) >= 11 is 0. The fourth-order valence-corrected chi connectivity index (χ4v) is 1.78. The minimum absolute atomic E-state index is 0.0226. The average molecular weight is 297 g/mol. The van der Waals surface area contributed by atoms with Crippen LogP contribution in [0.15, 0.2) is 36.5 Å². The lowest BCUT2D eigenvalue weighted by atomic mass is 10.1. The lowest BCUT2D eigenvalue weighted by molar-refractivity contribution is -0.138. The third kappa shape index (κ3) is 4.08. The lowest BCUT2D eigenvalue weighted by Gasteiger charge is -2.13. The van der Waals surface area contributed by atoms with Crippen molar-refractivity contribution in [1.82, 2.24) is 9.97 Å². The summed E-state index contributed by atoms with van der Waals surface area (Å²) in [6.07, 6.45) is -2.90. The van der Waals surface area contributed by atoms with Crippen molar-refractivity contribution in [3.63, 3.8) is 0 Å². The van der Waals surface area contributed by atoms with E-state index in [9.17, 15) is 13.2 Å². The third-order valence-corrected chi connectivity index (χ3v) is 2.68. The normalized spacial score (nSPS) is 11.2. The predicted octanol–water partition coefficient (Wildman–Crippen LogP) is 3.51. The van der Waals surface area contributed by atoms with E-state index in [0.717, 1.165) is 6.07 Å². The molecule has 1 aromatic heterocycles. The molecule has 0 bridgehead atoms. The number of alkyl halides is 3. The van der Waals surface area contributed by atoms with Crippen LogP contribution >= 0.6 is 0 Å². The summed E-state index contributed by atoms with van der Waals surface area (Å²) in [7, 11) is 0. The number of nitrogens with one attached hydrogen (secondary N) is 1. The summed E-state index contributed by atoms with van der Waals surface area (Å²) in [5.74, 6) is 0.594. The molecule has 1 N–H and O–H groups in total. The average Bonchev–Trinajstić information content (AvgIpc) is 2.45. The molecule has 0 unspecified atom stereocenters. The molecule has 7 heteroatoms. The van der Waals surface area contributed by atoms with Crippen molar-refractivity contribution in [1.29, 1.82) is 0 Å². The van der Waals surface area contributed by atoms with Crippen LogP contribution in [0, 0.1) is 0 Å². The molecule has 0 aliphatic rings. The molecule has 0 atom stereocenters. The molecular formula is C14H14F3N3O. The van der Waals surface area contributed by atoms with Crippen LogP contribution in [-0.4, -0.2) is 16.6 Å². The fraction of sp³-hybridized carbons (Fsp3) is 0.286. The van der Waals surface area contributed by atoms with Crippen LogP contribution < -0.4 is 10.1 Å². The van der Waals surface area contributed by atoms with E-state index in [4.69, 9.17) is 4.74 Å². The Labute approximate surface area is 120 Å². The van der Waals surface area contributed by atoms with Crippen molar-refractivity contribution in [2.45, 2.75) is 19.6 Å². The van der Waals surface area contributed by atoms with Crippen LogP contribution in [0.25, 0.3) is 0 Å². The Hall–Kier alpha value is -2.31. The lowest BCUT2D eigenvalue weighted by Crippen LogP contribution is -2.12. The van der Waals surface area contributed by atoms with Crippen LogP contribution in [0.3, 0.4) is 0 Å². The Bertz CT molecular complexity index is 602. The highest BCUT2D eigenvalue weighted by Gasteiger charge is 2.32. The molecule has 4 nitrogen and oxygen atoms in total. The van der Waals surface area contributed by atoms with Crippen molar-refractivity contribution in [2.24, 2.45) is 0 Å². The van der Waals surface area contributed by atoms with E-state index < -0.39 is 11.7 Å². The number of anilines is 1. The highest BCUT2D eigenvalue weighted by atomic mass is 19.4. The molecule has 112 valence electrons. The van der Waals surface area contributed by atoms with Crippen LogP contribution in [0.5, 0.6) is 5.88 Å². The Morgan fingerprint density at radius 3 is 2.67 bits per heavy atom. The zero-order valence-electron chi connectivity index (χ0n) is 11.3. The Morgan fingerprint density at radius 1 is 1.19 bits per heavy atom. The summed E-state index contributed by atoms with van der Waals surface area (Å²) < 4.78 is 43.8. The monoisotopic (exact) mass is 297 g/mol. The molecule has 0 amide bonds. The molecule has 0 aliphatic carbocycles. The van der Waals surface area contributed by atoms with Crippen molar-refractivity contribution < 1.29 is 17.9 Å². The maximum atomic E-state index is 12.9. The van der Waals surface area contributed by atoms with Crippen molar-refractivity contribution in [3.05, 3.63) is 47.7 Å². The van der Waals surface area contributed by atoms with E-state index in [1.54, 1.807) is 12.1 Å². The SMILES string of the molecule is CCOc1ccnc(NCc2ccccc2C(F)(F)F)n1. The minimum Gasteiger partial charge on any atom is -0.478 e. The number of halogens is 3. The summed E-state index contributed by atoms with van der Waals surface area (Å²) in [5, 5.41) is 2.77. The number of hydrogen-bond donors (Lipinski definition) is 1. The summed E-state index contributed by atoms with van der Waals surface area (Å²) in [5.41, 5.74) is -0.533. The van der Waals surface area contributed by atoms with Crippen LogP contribution in [-0.2, 0) is 12.7 Å². The predicted molar refractivity (Wildman–Crippen MR) is 72.0 cm³/mol. The van der Waals surface area contributed by atoms with Gasteiger partial charge in [0.05, 0.1) is 12.2 Å². The summed E-state index contributed by atoms with van der Waals surface area (Å²) in [6.45, 7) is 2.24. The summed E-state index contributed by atoms with van der Waals surface area (Å²) in [4.78, 5) is 7.99. The molecule has 0 fully saturated rings. The highest BCUT2D eigenvalue weighted by molar-refractivity contribution is 5.34. The van der Waals surface area contributed by atoms with E-state index in [1.165, 1.54) is 18.3 Å². The molecule has 0 spiro atoms. The van der Waals surface area contributed by atoms with Gasteiger partial charge < -0.3 is 10.1 Å². The van der Waals surface area contributed by atoms with E-state index >= 15 is 0 Å². The molecule has 0 saturated heterocycles. The van der Waals surface area contributed by atoms with Gasteiger partial charge in [0.2, 0.25) is 11.8 Å². The number of hydrogen-bond acceptors (Lipinski definition) is 4. The quantitative estimate of drug-likeness (QED) is 0.917. The molecule has 2 rings (SSSR count). The van der Waals surface area contributed by atoms with Crippen LogP contribution in [0.1, 0.15) is 18.1 Å². The van der Waals surface area contributed by atoms with Crippen molar-refractivity contribution in [3.8, 4) is 5.88 Å². The van der Waals surface area contributed by atoms with Gasteiger partial charge in [0.15, 0.2) is 0 Å². The molecule has 0 aliphatic heterocycles. The van der Waals surface area contributed by atoms with Gasteiger partial charge in [-0.05, 0) is 18.6 Å². The Kier molecular flexibility index (Phi) is 4.62. The van der Waals surface area contributed by atoms with Gasteiger partial charge in [0, 0.05) is 18.8 Å². The number of aromatic nitrogens is 2. The maximum Gasteiger partial charge on any atom is 0.416 e. The van der Waals surface area contributed by atoms with Gasteiger partial charge in [0.1, 0.15) is 0 Å². The third-order valence-electron chi connectivity index (χ3n) is 2.68. The van der Waals surface area contributed by atoms with Crippen LogP contribution in [0.2, 0.25) is 0 Å². The standard InChI is InChI=1S/C14H14F3N3O/c1-2-21-12-7-8-18-13(20-12)19-9-10-5-3-4-6-11(10)14(15,16)17/h3-8H,2,9H2,1H3,(H,18,19,20). The molecular weight excluding hydrogens is 283 g/mol. The van der Waals surface area contributed by atoms with Gasteiger partial charge in [-0.1, -0.05) is 18.2 Å². The molecule has 1 heterocycles. The second kappa shape index (κ2) is 6.43. The van der Waals surface area contributed by atoms with E-state index in [1.807, 2.05) is 6.92 Å². The van der Waals surface area contributed by atoms with Gasteiger partial charge in [0.25, 0.3) is 0 Å². The van der Waals surface area contributed by atoms with E-state index in [2.05, 4.69) is 15.3 Å². The highest BCUT2D eigenvalue weighted by Crippen LogP contribution is 2.32. The Balaban J connectivity index is 2.12. The zero-order valence-corrected chi connectivity index (χ0v) is 11.3. The number of benzene rings is 1. The number of ether oxygens (including phenoxy) is 1. The first-order valence-electron chi connectivity index (χ1n) is 6.35. The molecule has 0 radical (unpaired) electrons. The van der Waals surface area contributed by atoms with Gasteiger partial charge in [-0.2, -0.15) is 18.2 Å². The molecule has 1 aromatic carbocycles. The van der Waals surface area contributed by atoms with E-state index in [0.29, 0.717) is 12.5 Å². The number of rotatable bonds is 5. The van der Waals surface area contributed by atoms with Crippen molar-refractivity contribution >= 4 is 5.95 Å². The maximum absolute atomic E-state index is 12.9.